The van der Waals surface area contributed by atoms with Crippen molar-refractivity contribution in [2.75, 3.05) is 24.3 Å². The number of halogens is 1. The fourth-order valence-electron chi connectivity index (χ4n) is 4.35. The van der Waals surface area contributed by atoms with Crippen LogP contribution in [0.3, 0.4) is 0 Å². The first-order valence-corrected chi connectivity index (χ1v) is 12.9. The highest BCUT2D eigenvalue weighted by atomic mass is 32.2. The number of thioether (sulfide) groups is 1. The third kappa shape index (κ3) is 4.92. The fraction of sp³-hybridized carbons (Fsp3) is 0.583. The number of aromatic nitrogens is 5. The first-order valence-electron chi connectivity index (χ1n) is 13.4. The summed E-state index contributed by atoms with van der Waals surface area (Å²) in [5, 5.41) is 41.9. The van der Waals surface area contributed by atoms with Crippen LogP contribution in [0.25, 0.3) is 11.2 Å². The maximum Gasteiger partial charge on any atom is 0.191 e. The van der Waals surface area contributed by atoms with Gasteiger partial charge in [-0.2, -0.15) is 0 Å². The van der Waals surface area contributed by atoms with Crippen molar-refractivity contribution in [2.45, 2.75) is 74.5 Å². The molecule has 0 saturated heterocycles. The Morgan fingerprint density at radius 3 is 2.92 bits per heavy atom. The minimum Gasteiger partial charge on any atom is -0.394 e. The van der Waals surface area contributed by atoms with E-state index in [9.17, 15) is 14.6 Å². The quantitative estimate of drug-likeness (QED) is 0.232. The summed E-state index contributed by atoms with van der Waals surface area (Å²) in [4.78, 5) is 9.10. The molecule has 2 heterocycles. The number of anilines is 1. The number of nitrogens with one attached hydrogen (secondary N) is 1. The number of hydrogen-bond acceptors (Lipinski definition) is 10. The van der Waals surface area contributed by atoms with E-state index in [4.69, 9.17) is 14.0 Å². The Hall–Kier alpha value is -2.38. The number of aliphatic hydroxyl groups is 3. The Morgan fingerprint density at radius 1 is 1.33 bits per heavy atom. The molecule has 0 bridgehead atoms. The lowest BCUT2D eigenvalue weighted by Gasteiger charge is -2.17. The van der Waals surface area contributed by atoms with E-state index < -0.39 is 48.5 Å². The molecule has 2 saturated carbocycles. The van der Waals surface area contributed by atoms with Crippen molar-refractivity contribution in [2.24, 2.45) is 0 Å². The SMILES string of the molecule is [2H]C1([2H])[C@@H](c2ccc(C)c(F)c2)[C@]1([2H])Nc1nc(SCCC)nc2c1nnn2[C@@H]1C[C@H](OCCO)[C@@H](O)[C@H]1O. The molecule has 2 aliphatic rings. The van der Waals surface area contributed by atoms with Gasteiger partial charge in [-0.15, -0.1) is 5.10 Å². The summed E-state index contributed by atoms with van der Waals surface area (Å²) >= 11 is 1.36. The maximum atomic E-state index is 14.3. The van der Waals surface area contributed by atoms with Crippen molar-refractivity contribution in [3.05, 3.63) is 35.1 Å². The van der Waals surface area contributed by atoms with Gasteiger partial charge in [-0.3, -0.25) is 0 Å². The lowest BCUT2D eigenvalue weighted by molar-refractivity contribution is -0.0629. The van der Waals surface area contributed by atoms with Crippen molar-refractivity contribution in [3.8, 4) is 0 Å². The Morgan fingerprint density at radius 2 is 2.17 bits per heavy atom. The van der Waals surface area contributed by atoms with E-state index in [0.717, 1.165) is 6.42 Å². The second kappa shape index (κ2) is 10.5. The molecule has 2 fully saturated rings. The summed E-state index contributed by atoms with van der Waals surface area (Å²) < 4.78 is 47.2. The Labute approximate surface area is 216 Å². The van der Waals surface area contributed by atoms with Crippen molar-refractivity contribution >= 4 is 28.7 Å². The van der Waals surface area contributed by atoms with Gasteiger partial charge in [0.25, 0.3) is 0 Å². The van der Waals surface area contributed by atoms with Crippen molar-refractivity contribution in [1.82, 2.24) is 25.0 Å². The zero-order chi connectivity index (χ0) is 28.1. The number of rotatable bonds is 10. The average molecular weight is 522 g/mol. The lowest BCUT2D eigenvalue weighted by Crippen LogP contribution is -2.33. The molecule has 194 valence electrons. The molecular weight excluding hydrogens is 487 g/mol. The standard InChI is InChI=1S/C24H31FN6O4S/c1-3-8-36-24-27-22(26-16-10-14(16)13-5-4-12(2)15(25)9-13)19-23(28-24)31(30-29-19)17-11-18(35-7-6-32)21(34)20(17)33/h4-5,9,14,16-18,20-21,32-34H,3,6-8,10-11H2,1-2H3,(H,26,27,28)/t14-,16+,17+,18-,20-,21+/m0/s1/i10D2,16D. The van der Waals surface area contributed by atoms with Gasteiger partial charge in [0.1, 0.15) is 18.0 Å². The minimum absolute atomic E-state index is 0.00689. The number of nitrogens with zero attached hydrogens (tertiary/aromatic N) is 5. The fourth-order valence-corrected chi connectivity index (χ4v) is 5.04. The maximum absolute atomic E-state index is 14.3. The van der Waals surface area contributed by atoms with Crippen LogP contribution in [-0.4, -0.2) is 83.6 Å². The van der Waals surface area contributed by atoms with Crippen LogP contribution in [-0.2, 0) is 4.74 Å². The highest BCUT2D eigenvalue weighted by Gasteiger charge is 2.45. The Kier molecular flexibility index (Phi) is 6.35. The van der Waals surface area contributed by atoms with Gasteiger partial charge in [0.15, 0.2) is 22.1 Å². The highest BCUT2D eigenvalue weighted by Crippen LogP contribution is 2.44. The van der Waals surface area contributed by atoms with Crippen molar-refractivity contribution in [1.29, 1.82) is 0 Å². The van der Waals surface area contributed by atoms with Gasteiger partial charge in [0.05, 0.1) is 26.7 Å². The van der Waals surface area contributed by atoms with Crippen molar-refractivity contribution < 1.29 is 28.6 Å². The number of benzene rings is 1. The van der Waals surface area contributed by atoms with Gasteiger partial charge in [-0.05, 0) is 36.9 Å². The van der Waals surface area contributed by atoms with E-state index in [1.54, 1.807) is 19.1 Å². The smallest absolute Gasteiger partial charge is 0.191 e. The molecule has 36 heavy (non-hydrogen) atoms. The molecule has 6 atom stereocenters. The van der Waals surface area contributed by atoms with Gasteiger partial charge in [-0.25, -0.2) is 19.0 Å². The zero-order valence-electron chi connectivity index (χ0n) is 22.9. The summed E-state index contributed by atoms with van der Waals surface area (Å²) in [5.41, 5.74) is 1.20. The molecule has 0 radical (unpaired) electrons. The predicted molar refractivity (Wildman–Crippen MR) is 133 cm³/mol. The molecule has 2 aliphatic carbocycles. The van der Waals surface area contributed by atoms with Crippen LogP contribution in [0, 0.1) is 12.7 Å². The summed E-state index contributed by atoms with van der Waals surface area (Å²) in [6.45, 7) is 3.40. The third-order valence-corrected chi connectivity index (χ3v) is 7.42. The van der Waals surface area contributed by atoms with Gasteiger partial charge >= 0.3 is 0 Å². The van der Waals surface area contributed by atoms with Crippen LogP contribution < -0.4 is 5.32 Å². The third-order valence-electron chi connectivity index (χ3n) is 6.36. The van der Waals surface area contributed by atoms with Gasteiger partial charge in [-0.1, -0.05) is 36.0 Å². The summed E-state index contributed by atoms with van der Waals surface area (Å²) in [7, 11) is 0. The number of fused-ring (bicyclic) bond motifs is 1. The second-order valence-corrected chi connectivity index (χ2v) is 10.0. The predicted octanol–water partition coefficient (Wildman–Crippen LogP) is 2.18. The topological polar surface area (TPSA) is 138 Å². The van der Waals surface area contributed by atoms with Crippen LogP contribution in [0.5, 0.6) is 0 Å². The van der Waals surface area contributed by atoms with Gasteiger partial charge in [0.2, 0.25) is 0 Å². The molecule has 1 aromatic carbocycles. The van der Waals surface area contributed by atoms with E-state index in [0.29, 0.717) is 22.0 Å². The number of ether oxygens (including phenoxy) is 1. The van der Waals surface area contributed by atoms with Crippen LogP contribution in [0.4, 0.5) is 10.2 Å². The Bertz CT molecular complexity index is 1370. The summed E-state index contributed by atoms with van der Waals surface area (Å²) in [6.07, 6.45) is -4.18. The van der Waals surface area contributed by atoms with Crippen LogP contribution in [0.1, 0.15) is 53.3 Å². The molecule has 0 spiro atoms. The number of aliphatic hydroxyl groups excluding tert-OH is 3. The summed E-state index contributed by atoms with van der Waals surface area (Å²) in [5.74, 6) is -0.642. The first-order chi connectivity index (χ1) is 18.5. The lowest BCUT2D eigenvalue weighted by atomic mass is 10.1. The van der Waals surface area contributed by atoms with E-state index in [2.05, 4.69) is 25.6 Å². The number of hydrogen-bond donors (Lipinski definition) is 4. The number of aryl methyl sites for hydroxylation is 1. The molecular formula is C24H31FN6O4S. The molecule has 2 aromatic heterocycles. The normalized spacial score (nSPS) is 32.3. The molecule has 0 amide bonds. The highest BCUT2D eigenvalue weighted by molar-refractivity contribution is 7.99. The second-order valence-electron chi connectivity index (χ2n) is 8.95. The Balaban J connectivity index is 1.51. The monoisotopic (exact) mass is 521 g/mol. The van der Waals surface area contributed by atoms with E-state index >= 15 is 0 Å². The van der Waals surface area contributed by atoms with Gasteiger partial charge < -0.3 is 25.4 Å². The van der Waals surface area contributed by atoms with Crippen LogP contribution in [0.15, 0.2) is 23.4 Å². The van der Waals surface area contributed by atoms with Crippen LogP contribution in [0.2, 0.25) is 0 Å². The van der Waals surface area contributed by atoms with Crippen molar-refractivity contribution in [3.63, 3.8) is 0 Å². The minimum atomic E-state index is -2.04. The van der Waals surface area contributed by atoms with E-state index in [1.165, 1.54) is 22.5 Å². The average Bonchev–Trinajstić information content (AvgIpc) is 3.19. The summed E-state index contributed by atoms with van der Waals surface area (Å²) in [6, 6.07) is 1.84. The first kappa shape index (κ1) is 21.7. The zero-order valence-corrected chi connectivity index (χ0v) is 20.7. The molecule has 12 heteroatoms. The van der Waals surface area contributed by atoms with E-state index in [1.807, 2.05) is 6.92 Å². The molecule has 0 unspecified atom stereocenters. The van der Waals surface area contributed by atoms with Crippen LogP contribution >= 0.6 is 11.8 Å². The molecule has 4 N–H and O–H groups in total. The van der Waals surface area contributed by atoms with Gasteiger partial charge in [0, 0.05) is 26.9 Å². The largest absolute Gasteiger partial charge is 0.394 e. The molecule has 5 rings (SSSR count). The van der Waals surface area contributed by atoms with E-state index in [-0.39, 0.29) is 36.6 Å². The molecule has 10 nitrogen and oxygen atoms in total. The molecule has 0 aliphatic heterocycles. The molecule has 3 aromatic rings.